The minimum absolute atomic E-state index is 0.0423. The van der Waals surface area contributed by atoms with Gasteiger partial charge in [0.2, 0.25) is 0 Å². The highest BCUT2D eigenvalue weighted by atomic mass is 16.2. The molecule has 1 aromatic carbocycles. The summed E-state index contributed by atoms with van der Waals surface area (Å²) in [5.74, 6) is 2.13. The molecular weight excluding hydrogens is 324 g/mol. The summed E-state index contributed by atoms with van der Waals surface area (Å²) in [6, 6.07) is 10.4. The standard InChI is InChI=1S/C21H26N4O/c1-15-6-5-10-25(13-15)21(26)19-12-20(23-16(2)22-19)24-11-9-17-7-3-4-8-18(17)14-24/h3-4,7-8,12,15H,5-6,9-11,13-14H2,1-2H3. The number of aryl methyl sites for hydroxylation is 1. The van der Waals surface area contributed by atoms with Crippen LogP contribution in [0.3, 0.4) is 0 Å². The summed E-state index contributed by atoms with van der Waals surface area (Å²) in [6.07, 6.45) is 3.28. The lowest BCUT2D eigenvalue weighted by Crippen LogP contribution is -2.39. The third kappa shape index (κ3) is 3.43. The molecule has 0 radical (unpaired) electrons. The minimum Gasteiger partial charge on any atom is -0.352 e. The van der Waals surface area contributed by atoms with E-state index in [9.17, 15) is 4.79 Å². The molecular formula is C21H26N4O. The fraction of sp³-hybridized carbons (Fsp3) is 0.476. The van der Waals surface area contributed by atoms with Gasteiger partial charge >= 0.3 is 0 Å². The average molecular weight is 350 g/mol. The number of likely N-dealkylation sites (tertiary alicyclic amines) is 1. The summed E-state index contributed by atoms with van der Waals surface area (Å²) in [7, 11) is 0. The van der Waals surface area contributed by atoms with Crippen molar-refractivity contribution in [3.8, 4) is 0 Å². The Morgan fingerprint density at radius 3 is 2.77 bits per heavy atom. The molecule has 136 valence electrons. The Morgan fingerprint density at radius 1 is 1.15 bits per heavy atom. The number of amides is 1. The zero-order valence-corrected chi connectivity index (χ0v) is 15.6. The second-order valence-electron chi connectivity index (χ2n) is 7.60. The first-order valence-corrected chi connectivity index (χ1v) is 9.57. The molecule has 0 N–H and O–H groups in total. The fourth-order valence-corrected chi connectivity index (χ4v) is 4.05. The highest BCUT2D eigenvalue weighted by Crippen LogP contribution is 2.24. The summed E-state index contributed by atoms with van der Waals surface area (Å²) in [5, 5.41) is 0. The number of hydrogen-bond donors (Lipinski definition) is 0. The van der Waals surface area contributed by atoms with Crippen molar-refractivity contribution >= 4 is 11.7 Å². The molecule has 2 aliphatic rings. The van der Waals surface area contributed by atoms with Crippen molar-refractivity contribution in [1.82, 2.24) is 14.9 Å². The van der Waals surface area contributed by atoms with Gasteiger partial charge in [0.25, 0.3) is 5.91 Å². The van der Waals surface area contributed by atoms with E-state index in [1.165, 1.54) is 17.5 Å². The molecule has 1 saturated heterocycles. The van der Waals surface area contributed by atoms with Crippen molar-refractivity contribution in [2.24, 2.45) is 5.92 Å². The fourth-order valence-electron chi connectivity index (χ4n) is 4.05. The normalized spacial score (nSPS) is 20.0. The SMILES string of the molecule is Cc1nc(C(=O)N2CCCC(C)C2)cc(N2CCc3ccccc3C2)n1. The Morgan fingerprint density at radius 2 is 1.96 bits per heavy atom. The second-order valence-corrected chi connectivity index (χ2v) is 7.60. The van der Waals surface area contributed by atoms with Crippen LogP contribution in [0.15, 0.2) is 30.3 Å². The number of hydrogen-bond acceptors (Lipinski definition) is 4. The van der Waals surface area contributed by atoms with Gasteiger partial charge in [0.1, 0.15) is 17.3 Å². The minimum atomic E-state index is 0.0423. The number of aromatic nitrogens is 2. The van der Waals surface area contributed by atoms with E-state index in [1.807, 2.05) is 17.9 Å². The molecule has 1 atom stereocenters. The highest BCUT2D eigenvalue weighted by molar-refractivity contribution is 5.93. The molecule has 26 heavy (non-hydrogen) atoms. The van der Waals surface area contributed by atoms with Crippen LogP contribution in [0.5, 0.6) is 0 Å². The number of rotatable bonds is 2. The van der Waals surface area contributed by atoms with E-state index in [0.29, 0.717) is 17.4 Å². The van der Waals surface area contributed by atoms with E-state index >= 15 is 0 Å². The van der Waals surface area contributed by atoms with Crippen LogP contribution in [-0.4, -0.2) is 40.4 Å². The number of carbonyl (C=O) groups is 1. The molecule has 5 heteroatoms. The predicted octanol–water partition coefficient (Wildman–Crippen LogP) is 3.22. The summed E-state index contributed by atoms with van der Waals surface area (Å²) < 4.78 is 0. The summed E-state index contributed by atoms with van der Waals surface area (Å²) in [5.41, 5.74) is 3.28. The Kier molecular flexibility index (Phi) is 4.62. The van der Waals surface area contributed by atoms with Gasteiger partial charge in [-0.3, -0.25) is 4.79 Å². The van der Waals surface area contributed by atoms with E-state index < -0.39 is 0 Å². The van der Waals surface area contributed by atoms with Gasteiger partial charge in [-0.15, -0.1) is 0 Å². The molecule has 4 rings (SSSR count). The van der Waals surface area contributed by atoms with Crippen molar-refractivity contribution in [2.75, 3.05) is 24.5 Å². The molecule has 1 amide bonds. The molecule has 2 aliphatic heterocycles. The number of anilines is 1. The third-order valence-electron chi connectivity index (χ3n) is 5.44. The first-order valence-electron chi connectivity index (χ1n) is 9.57. The lowest BCUT2D eigenvalue weighted by atomic mass is 9.99. The topological polar surface area (TPSA) is 49.3 Å². The Bertz CT molecular complexity index is 819. The molecule has 2 aromatic rings. The van der Waals surface area contributed by atoms with Crippen molar-refractivity contribution in [3.05, 3.63) is 53.0 Å². The monoisotopic (exact) mass is 350 g/mol. The van der Waals surface area contributed by atoms with Crippen LogP contribution < -0.4 is 4.90 Å². The third-order valence-corrected chi connectivity index (χ3v) is 5.44. The number of fused-ring (bicyclic) bond motifs is 1. The van der Waals surface area contributed by atoms with E-state index in [-0.39, 0.29) is 5.91 Å². The van der Waals surface area contributed by atoms with Crippen LogP contribution in [0.25, 0.3) is 0 Å². The largest absolute Gasteiger partial charge is 0.352 e. The maximum absolute atomic E-state index is 12.9. The van der Waals surface area contributed by atoms with Gasteiger partial charge in [0.15, 0.2) is 0 Å². The van der Waals surface area contributed by atoms with Crippen molar-refractivity contribution in [2.45, 2.75) is 39.7 Å². The van der Waals surface area contributed by atoms with Gasteiger partial charge in [0, 0.05) is 32.2 Å². The molecule has 3 heterocycles. The van der Waals surface area contributed by atoms with Crippen LogP contribution in [0, 0.1) is 12.8 Å². The number of benzene rings is 1. The molecule has 5 nitrogen and oxygen atoms in total. The van der Waals surface area contributed by atoms with Crippen molar-refractivity contribution in [3.63, 3.8) is 0 Å². The van der Waals surface area contributed by atoms with Crippen molar-refractivity contribution < 1.29 is 4.79 Å². The highest BCUT2D eigenvalue weighted by Gasteiger charge is 2.25. The quantitative estimate of drug-likeness (QED) is 0.834. The number of piperidine rings is 1. The molecule has 0 spiro atoms. The summed E-state index contributed by atoms with van der Waals surface area (Å²) in [4.78, 5) is 26.2. The van der Waals surface area contributed by atoms with Gasteiger partial charge in [-0.25, -0.2) is 9.97 Å². The van der Waals surface area contributed by atoms with Crippen LogP contribution in [0.1, 0.15) is 47.2 Å². The van der Waals surface area contributed by atoms with E-state index in [2.05, 4.69) is 46.1 Å². The van der Waals surface area contributed by atoms with Crippen molar-refractivity contribution in [1.29, 1.82) is 0 Å². The van der Waals surface area contributed by atoms with Crippen LogP contribution in [-0.2, 0) is 13.0 Å². The van der Waals surface area contributed by atoms with Crippen LogP contribution >= 0.6 is 0 Å². The maximum atomic E-state index is 12.9. The van der Waals surface area contributed by atoms with E-state index in [4.69, 9.17) is 0 Å². The second kappa shape index (κ2) is 7.06. The van der Waals surface area contributed by atoms with Gasteiger partial charge in [0.05, 0.1) is 0 Å². The zero-order valence-electron chi connectivity index (χ0n) is 15.6. The average Bonchev–Trinajstić information content (AvgIpc) is 2.66. The zero-order chi connectivity index (χ0) is 18.1. The lowest BCUT2D eigenvalue weighted by Gasteiger charge is -2.32. The van der Waals surface area contributed by atoms with Crippen LogP contribution in [0.2, 0.25) is 0 Å². The molecule has 1 unspecified atom stereocenters. The Balaban J connectivity index is 1.58. The molecule has 1 fully saturated rings. The first-order chi connectivity index (χ1) is 12.6. The van der Waals surface area contributed by atoms with Gasteiger partial charge in [-0.05, 0) is 43.2 Å². The Hall–Kier alpha value is -2.43. The predicted molar refractivity (Wildman–Crippen MR) is 102 cm³/mol. The lowest BCUT2D eigenvalue weighted by molar-refractivity contribution is 0.0676. The van der Waals surface area contributed by atoms with Gasteiger partial charge < -0.3 is 9.80 Å². The summed E-state index contributed by atoms with van der Waals surface area (Å²) in [6.45, 7) is 7.49. The smallest absolute Gasteiger partial charge is 0.272 e. The molecule has 1 aromatic heterocycles. The van der Waals surface area contributed by atoms with Gasteiger partial charge in [-0.2, -0.15) is 0 Å². The molecule has 0 aliphatic carbocycles. The van der Waals surface area contributed by atoms with E-state index in [0.717, 1.165) is 44.8 Å². The molecule has 0 saturated carbocycles. The van der Waals surface area contributed by atoms with Gasteiger partial charge in [-0.1, -0.05) is 31.2 Å². The molecule has 0 bridgehead atoms. The maximum Gasteiger partial charge on any atom is 0.272 e. The first kappa shape index (κ1) is 17.0. The van der Waals surface area contributed by atoms with E-state index in [1.54, 1.807) is 0 Å². The van der Waals surface area contributed by atoms with Crippen LogP contribution in [0.4, 0.5) is 5.82 Å². The summed E-state index contributed by atoms with van der Waals surface area (Å²) >= 11 is 0. The number of nitrogens with zero attached hydrogens (tertiary/aromatic N) is 4. The Labute approximate surface area is 155 Å². The number of carbonyl (C=O) groups excluding carboxylic acids is 1.